The fourth-order valence-corrected chi connectivity index (χ4v) is 3.37. The Labute approximate surface area is 147 Å². The van der Waals surface area contributed by atoms with Gasteiger partial charge in [0.05, 0.1) is 17.6 Å². The Balaban J connectivity index is 2.08. The second-order valence-electron chi connectivity index (χ2n) is 4.70. The highest BCUT2D eigenvalue weighted by Crippen LogP contribution is 2.23. The molecule has 2 aromatic heterocycles. The molecule has 6 heteroatoms. The lowest BCUT2D eigenvalue weighted by molar-refractivity contribution is 0.832. The maximum Gasteiger partial charge on any atom is 0.206 e. The molecular weight excluding hydrogens is 372 g/mol. The molecule has 0 saturated carbocycles. The zero-order chi connectivity index (χ0) is 16.1. The first-order valence-electron chi connectivity index (χ1n) is 7.20. The summed E-state index contributed by atoms with van der Waals surface area (Å²) in [6.45, 7) is 2.74. The van der Waals surface area contributed by atoms with E-state index in [9.17, 15) is 0 Å². The van der Waals surface area contributed by atoms with Gasteiger partial charge in [0.15, 0.2) is 0 Å². The summed E-state index contributed by atoms with van der Waals surface area (Å²) in [5.74, 6) is 0. The molecule has 3 aromatic rings. The third-order valence-electron chi connectivity index (χ3n) is 3.09. The van der Waals surface area contributed by atoms with Crippen LogP contribution >= 0.6 is 27.3 Å². The highest BCUT2D eigenvalue weighted by Gasteiger charge is 2.07. The third-order valence-corrected chi connectivity index (χ3v) is 4.44. The lowest BCUT2D eigenvalue weighted by Crippen LogP contribution is -2.12. The molecule has 4 nitrogen and oxygen atoms in total. The predicted molar refractivity (Wildman–Crippen MR) is 98.8 cm³/mol. The van der Waals surface area contributed by atoms with Gasteiger partial charge >= 0.3 is 0 Å². The molecule has 0 aliphatic heterocycles. The van der Waals surface area contributed by atoms with E-state index in [1.165, 1.54) is 0 Å². The minimum absolute atomic E-state index is 0.720. The van der Waals surface area contributed by atoms with Crippen molar-refractivity contribution in [1.82, 2.24) is 9.66 Å². The van der Waals surface area contributed by atoms with Crippen molar-refractivity contribution in [3.05, 3.63) is 69.0 Å². The van der Waals surface area contributed by atoms with Gasteiger partial charge in [-0.25, -0.2) is 4.68 Å². The summed E-state index contributed by atoms with van der Waals surface area (Å²) in [5, 5.41) is 6.67. The molecule has 0 N–H and O–H groups in total. The number of rotatable bonds is 4. The smallest absolute Gasteiger partial charge is 0.206 e. The first kappa shape index (κ1) is 15.8. The fraction of sp³-hybridized carbons (Fsp3) is 0.118. The second kappa shape index (κ2) is 7.48. The largest absolute Gasteiger partial charge is 0.258 e. The van der Waals surface area contributed by atoms with Crippen LogP contribution in [0.5, 0.6) is 0 Å². The molecule has 116 valence electrons. The predicted octanol–water partition coefficient (Wildman–Crippen LogP) is 4.18. The zero-order valence-electron chi connectivity index (χ0n) is 12.6. The average Bonchev–Trinajstić information content (AvgIpc) is 2.97. The Morgan fingerprint density at radius 1 is 1.26 bits per heavy atom. The quantitative estimate of drug-likeness (QED) is 0.620. The van der Waals surface area contributed by atoms with E-state index < -0.39 is 0 Å². The van der Waals surface area contributed by atoms with E-state index >= 15 is 0 Å². The Morgan fingerprint density at radius 3 is 2.91 bits per heavy atom. The van der Waals surface area contributed by atoms with E-state index in [-0.39, 0.29) is 0 Å². The summed E-state index contributed by atoms with van der Waals surface area (Å²) in [7, 11) is 0. The van der Waals surface area contributed by atoms with Crippen molar-refractivity contribution in [2.75, 3.05) is 6.54 Å². The number of pyridine rings is 1. The molecule has 0 atom stereocenters. The Kier molecular flexibility index (Phi) is 5.15. The number of hydrogen-bond acceptors (Lipinski definition) is 4. The first-order valence-corrected chi connectivity index (χ1v) is 8.87. The van der Waals surface area contributed by atoms with Gasteiger partial charge < -0.3 is 0 Å². The molecule has 0 radical (unpaired) electrons. The van der Waals surface area contributed by atoms with Crippen molar-refractivity contribution in [1.29, 1.82) is 0 Å². The number of hydrogen-bond donors (Lipinski definition) is 0. The summed E-state index contributed by atoms with van der Waals surface area (Å²) in [4.78, 5) is 9.67. The van der Waals surface area contributed by atoms with Gasteiger partial charge in [-0.15, -0.1) is 11.3 Å². The SMILES string of the molecule is CCN=c1scc(-c2cccc(Br)c2)n1/N=C\c1ccccn1. The van der Waals surface area contributed by atoms with Gasteiger partial charge in [-0.1, -0.05) is 34.1 Å². The van der Waals surface area contributed by atoms with Crippen LogP contribution in [-0.4, -0.2) is 22.4 Å². The van der Waals surface area contributed by atoms with E-state index in [0.717, 1.165) is 32.8 Å². The minimum Gasteiger partial charge on any atom is -0.258 e. The molecule has 0 spiro atoms. The van der Waals surface area contributed by atoms with Crippen LogP contribution in [0, 0.1) is 0 Å². The van der Waals surface area contributed by atoms with Crippen molar-refractivity contribution in [2.24, 2.45) is 10.1 Å². The molecule has 0 bridgehead atoms. The average molecular weight is 387 g/mol. The van der Waals surface area contributed by atoms with Crippen molar-refractivity contribution in [2.45, 2.75) is 6.92 Å². The minimum atomic E-state index is 0.720. The second-order valence-corrected chi connectivity index (χ2v) is 6.45. The molecule has 1 aromatic carbocycles. The van der Waals surface area contributed by atoms with Gasteiger partial charge in [-0.05, 0) is 31.2 Å². The maximum absolute atomic E-state index is 4.59. The summed E-state index contributed by atoms with van der Waals surface area (Å²) in [5.41, 5.74) is 2.91. The van der Waals surface area contributed by atoms with Crippen LogP contribution in [-0.2, 0) is 0 Å². The van der Waals surface area contributed by atoms with Gasteiger partial charge in [0.1, 0.15) is 0 Å². The number of aromatic nitrogens is 2. The maximum atomic E-state index is 4.59. The summed E-state index contributed by atoms with van der Waals surface area (Å²) < 4.78 is 2.90. The summed E-state index contributed by atoms with van der Waals surface area (Å²) in [6, 6.07) is 13.9. The van der Waals surface area contributed by atoms with Gasteiger partial charge in [-0.3, -0.25) is 9.98 Å². The van der Waals surface area contributed by atoms with Crippen LogP contribution in [0.3, 0.4) is 0 Å². The van der Waals surface area contributed by atoms with E-state index in [4.69, 9.17) is 0 Å². The van der Waals surface area contributed by atoms with Gasteiger partial charge in [0, 0.05) is 28.2 Å². The Morgan fingerprint density at radius 2 is 2.17 bits per heavy atom. The van der Waals surface area contributed by atoms with Gasteiger partial charge in [-0.2, -0.15) is 5.10 Å². The zero-order valence-corrected chi connectivity index (χ0v) is 15.0. The van der Waals surface area contributed by atoms with E-state index in [0.29, 0.717) is 0 Å². The lowest BCUT2D eigenvalue weighted by atomic mass is 10.2. The topological polar surface area (TPSA) is 42.5 Å². The molecule has 2 heterocycles. The lowest BCUT2D eigenvalue weighted by Gasteiger charge is -2.04. The monoisotopic (exact) mass is 386 g/mol. The number of nitrogens with zero attached hydrogens (tertiary/aromatic N) is 4. The van der Waals surface area contributed by atoms with Gasteiger partial charge in [0.25, 0.3) is 0 Å². The van der Waals surface area contributed by atoms with E-state index in [1.54, 1.807) is 23.7 Å². The first-order chi connectivity index (χ1) is 11.3. The van der Waals surface area contributed by atoms with Crippen molar-refractivity contribution in [3.8, 4) is 11.3 Å². The van der Waals surface area contributed by atoms with Crippen LogP contribution in [0.2, 0.25) is 0 Å². The number of halogens is 1. The normalized spacial score (nSPS) is 12.2. The van der Waals surface area contributed by atoms with Crippen LogP contribution in [0.25, 0.3) is 11.3 Å². The molecule has 0 amide bonds. The molecule has 23 heavy (non-hydrogen) atoms. The van der Waals surface area contributed by atoms with Gasteiger partial charge in [0.2, 0.25) is 4.80 Å². The molecule has 0 saturated heterocycles. The van der Waals surface area contributed by atoms with Crippen molar-refractivity contribution in [3.63, 3.8) is 0 Å². The molecule has 0 unspecified atom stereocenters. The van der Waals surface area contributed by atoms with Crippen molar-refractivity contribution >= 4 is 33.5 Å². The highest BCUT2D eigenvalue weighted by atomic mass is 79.9. The Bertz CT molecular complexity index is 881. The van der Waals surface area contributed by atoms with Crippen LogP contribution in [0.1, 0.15) is 12.6 Å². The highest BCUT2D eigenvalue weighted by molar-refractivity contribution is 9.10. The molecule has 0 fully saturated rings. The summed E-state index contributed by atoms with van der Waals surface area (Å²) in [6.07, 6.45) is 3.51. The fourth-order valence-electron chi connectivity index (χ4n) is 2.07. The number of thiazole rings is 1. The third kappa shape index (κ3) is 3.83. The van der Waals surface area contributed by atoms with Crippen LogP contribution in [0.15, 0.2) is 68.6 Å². The summed E-state index contributed by atoms with van der Waals surface area (Å²) >= 11 is 5.10. The van der Waals surface area contributed by atoms with Crippen LogP contribution in [0.4, 0.5) is 0 Å². The van der Waals surface area contributed by atoms with E-state index in [1.807, 2.05) is 41.9 Å². The molecule has 3 rings (SSSR count). The molecule has 0 aliphatic rings. The molecular formula is C17H15BrN4S. The Hall–Kier alpha value is -2.05. The van der Waals surface area contributed by atoms with Crippen LogP contribution < -0.4 is 4.80 Å². The van der Waals surface area contributed by atoms with Crippen molar-refractivity contribution < 1.29 is 0 Å². The standard InChI is InChI=1S/C17H15BrN4S/c1-2-19-17-22(21-11-15-8-3-4-9-20-15)16(12-23-17)13-6-5-7-14(18)10-13/h3-12H,2H2,1H3/b19-17?,21-11-. The van der Waals surface area contributed by atoms with E-state index in [2.05, 4.69) is 48.5 Å². The molecule has 0 aliphatic carbocycles. The number of benzene rings is 1.